The van der Waals surface area contributed by atoms with Gasteiger partial charge >= 0.3 is 0 Å². The zero-order chi connectivity index (χ0) is 33.6. The Morgan fingerprint density at radius 1 is 0.872 bits per heavy atom. The Morgan fingerprint density at radius 3 is 2.17 bits per heavy atom. The summed E-state index contributed by atoms with van der Waals surface area (Å²) in [6.07, 6.45) is 4.03. The maximum Gasteiger partial charge on any atom is 0.264 e. The number of hydrogen-bond acceptors (Lipinski definition) is 4. The number of carbonyl (C=O) groups excluding carboxylic acids is 2. The maximum atomic E-state index is 14.7. The van der Waals surface area contributed by atoms with Crippen LogP contribution in [-0.4, -0.2) is 43.8 Å². The molecule has 7 nitrogen and oxygen atoms in total. The van der Waals surface area contributed by atoms with E-state index in [4.69, 9.17) is 23.2 Å². The van der Waals surface area contributed by atoms with Crippen molar-refractivity contribution >= 4 is 50.7 Å². The van der Waals surface area contributed by atoms with Crippen LogP contribution in [0.2, 0.25) is 10.0 Å². The average molecular weight is 693 g/mol. The highest BCUT2D eigenvalue weighted by atomic mass is 35.5. The summed E-state index contributed by atoms with van der Waals surface area (Å²) in [6.45, 7) is 3.18. The van der Waals surface area contributed by atoms with E-state index in [0.29, 0.717) is 26.9 Å². The van der Waals surface area contributed by atoms with Gasteiger partial charge in [-0.15, -0.1) is 0 Å². The lowest BCUT2D eigenvalue weighted by molar-refractivity contribution is -0.140. The number of benzene rings is 4. The summed E-state index contributed by atoms with van der Waals surface area (Å²) in [4.78, 5) is 30.4. The molecule has 0 saturated heterocycles. The van der Waals surface area contributed by atoms with Crippen LogP contribution in [0.3, 0.4) is 0 Å². The first-order valence-corrected chi connectivity index (χ1v) is 18.0. The van der Waals surface area contributed by atoms with Gasteiger partial charge in [-0.05, 0) is 73.7 Å². The third-order valence-electron chi connectivity index (χ3n) is 8.56. The second-order valence-electron chi connectivity index (χ2n) is 12.1. The Bertz CT molecular complexity index is 1810. The van der Waals surface area contributed by atoms with Crippen molar-refractivity contribution in [3.63, 3.8) is 0 Å². The summed E-state index contributed by atoms with van der Waals surface area (Å²) < 4.78 is 29.6. The van der Waals surface area contributed by atoms with Crippen LogP contribution in [-0.2, 0) is 32.6 Å². The van der Waals surface area contributed by atoms with E-state index in [1.54, 1.807) is 42.5 Å². The molecule has 10 heteroatoms. The lowest BCUT2D eigenvalue weighted by Crippen LogP contribution is -2.54. The molecule has 1 aliphatic carbocycles. The van der Waals surface area contributed by atoms with Crippen molar-refractivity contribution in [1.82, 2.24) is 10.2 Å². The first-order valence-electron chi connectivity index (χ1n) is 15.8. The average Bonchev–Trinajstić information content (AvgIpc) is 3.56. The molecule has 0 aromatic heterocycles. The van der Waals surface area contributed by atoms with Gasteiger partial charge in [-0.25, -0.2) is 8.42 Å². The molecule has 1 aliphatic rings. The van der Waals surface area contributed by atoms with Crippen LogP contribution >= 0.6 is 23.2 Å². The summed E-state index contributed by atoms with van der Waals surface area (Å²) >= 11 is 12.8. The van der Waals surface area contributed by atoms with Crippen molar-refractivity contribution in [3.05, 3.63) is 129 Å². The van der Waals surface area contributed by atoms with Gasteiger partial charge in [0.25, 0.3) is 10.0 Å². The van der Waals surface area contributed by atoms with Gasteiger partial charge in [0, 0.05) is 29.1 Å². The highest BCUT2D eigenvalue weighted by Gasteiger charge is 2.36. The van der Waals surface area contributed by atoms with Gasteiger partial charge in [0.1, 0.15) is 12.6 Å². The molecular formula is C37H39Cl2N3O4S. The van der Waals surface area contributed by atoms with Crippen molar-refractivity contribution < 1.29 is 18.0 Å². The third-order valence-corrected chi connectivity index (χ3v) is 10.9. The summed E-state index contributed by atoms with van der Waals surface area (Å²) in [5.74, 6) is -0.832. The first-order chi connectivity index (χ1) is 22.5. The molecule has 4 aromatic rings. The zero-order valence-corrected chi connectivity index (χ0v) is 28.9. The minimum Gasteiger partial charge on any atom is -0.352 e. The molecule has 2 amide bonds. The van der Waals surface area contributed by atoms with Crippen LogP contribution in [0, 0.1) is 13.8 Å². The van der Waals surface area contributed by atoms with Gasteiger partial charge < -0.3 is 10.2 Å². The molecule has 1 N–H and O–H groups in total. The number of sulfonamides is 1. The minimum absolute atomic E-state index is 0.0158. The van der Waals surface area contributed by atoms with Gasteiger partial charge in [-0.3, -0.25) is 13.9 Å². The summed E-state index contributed by atoms with van der Waals surface area (Å²) in [7, 11) is -4.19. The molecular weight excluding hydrogens is 653 g/mol. The molecule has 0 heterocycles. The number of rotatable bonds is 12. The molecule has 0 bridgehead atoms. The Morgan fingerprint density at radius 2 is 1.53 bits per heavy atom. The molecule has 4 aromatic carbocycles. The molecule has 1 saturated carbocycles. The van der Waals surface area contributed by atoms with E-state index in [-0.39, 0.29) is 29.8 Å². The molecule has 0 spiro atoms. The van der Waals surface area contributed by atoms with Gasteiger partial charge in [0.2, 0.25) is 11.8 Å². The van der Waals surface area contributed by atoms with Crippen molar-refractivity contribution in [1.29, 1.82) is 0 Å². The number of carbonyl (C=O) groups is 2. The van der Waals surface area contributed by atoms with Gasteiger partial charge in [0.05, 0.1) is 10.6 Å². The molecule has 1 atom stereocenters. The first kappa shape index (κ1) is 34.5. The number of nitrogens with zero attached hydrogens (tertiary/aromatic N) is 2. The minimum atomic E-state index is -4.19. The predicted octanol–water partition coefficient (Wildman–Crippen LogP) is 7.50. The van der Waals surface area contributed by atoms with Crippen molar-refractivity contribution in [2.24, 2.45) is 0 Å². The van der Waals surface area contributed by atoms with E-state index in [9.17, 15) is 18.0 Å². The van der Waals surface area contributed by atoms with E-state index < -0.39 is 28.5 Å². The summed E-state index contributed by atoms with van der Waals surface area (Å²) in [5, 5.41) is 3.96. The smallest absolute Gasteiger partial charge is 0.264 e. The van der Waals surface area contributed by atoms with Crippen molar-refractivity contribution in [2.75, 3.05) is 10.8 Å². The lowest BCUT2D eigenvalue weighted by atomic mass is 10.0. The van der Waals surface area contributed by atoms with E-state index >= 15 is 0 Å². The summed E-state index contributed by atoms with van der Waals surface area (Å²) in [6, 6.07) is 27.0. The molecule has 1 unspecified atom stereocenters. The predicted molar refractivity (Wildman–Crippen MR) is 188 cm³/mol. The third kappa shape index (κ3) is 8.55. The van der Waals surface area contributed by atoms with E-state index in [2.05, 4.69) is 5.32 Å². The summed E-state index contributed by atoms with van der Waals surface area (Å²) in [5.41, 5.74) is 3.49. The molecule has 1 fully saturated rings. The fourth-order valence-corrected chi connectivity index (χ4v) is 8.04. The van der Waals surface area contributed by atoms with Crippen molar-refractivity contribution in [3.8, 4) is 0 Å². The second-order valence-corrected chi connectivity index (χ2v) is 14.8. The number of amides is 2. The standard InChI is InChI=1S/C37H39Cl2N3O4S/c1-26-17-20-34(27(2)21-26)42(47(45,46)32-15-7-4-8-16-32)25-36(43)41(24-29-18-19-30(38)23-33(29)39)35(22-28-11-5-3-6-12-28)37(44)40-31-13-9-10-14-31/h3-8,11-12,15-21,23,31,35H,9-10,13-14,22,24-25H2,1-2H3,(H,40,44). The van der Waals surface area contributed by atoms with Crippen molar-refractivity contribution in [2.45, 2.75) is 69.5 Å². The van der Waals surface area contributed by atoms with Crippen LogP contribution in [0.25, 0.3) is 0 Å². The normalized spacial score (nSPS) is 14.0. The van der Waals surface area contributed by atoms with Crippen LogP contribution in [0.1, 0.15) is 47.9 Å². The number of hydrogen-bond donors (Lipinski definition) is 1. The fraction of sp³-hybridized carbons (Fsp3) is 0.297. The van der Waals surface area contributed by atoms with Crippen LogP contribution in [0.15, 0.2) is 102 Å². The Labute approximate surface area is 287 Å². The zero-order valence-electron chi connectivity index (χ0n) is 26.5. The molecule has 0 aliphatic heterocycles. The number of aryl methyl sites for hydroxylation is 2. The van der Waals surface area contributed by atoms with E-state index in [0.717, 1.165) is 41.1 Å². The molecule has 0 radical (unpaired) electrons. The van der Waals surface area contributed by atoms with E-state index in [1.807, 2.05) is 56.3 Å². The van der Waals surface area contributed by atoms with Crippen LogP contribution in [0.4, 0.5) is 5.69 Å². The highest BCUT2D eigenvalue weighted by molar-refractivity contribution is 7.92. The van der Waals surface area contributed by atoms with E-state index in [1.165, 1.54) is 17.0 Å². The van der Waals surface area contributed by atoms with Crippen LogP contribution in [0.5, 0.6) is 0 Å². The Balaban J connectivity index is 1.60. The van der Waals surface area contributed by atoms with Crippen LogP contribution < -0.4 is 9.62 Å². The molecule has 5 rings (SSSR count). The van der Waals surface area contributed by atoms with Gasteiger partial charge in [0.15, 0.2) is 0 Å². The van der Waals surface area contributed by atoms with Gasteiger partial charge in [-0.2, -0.15) is 0 Å². The quantitative estimate of drug-likeness (QED) is 0.167. The van der Waals surface area contributed by atoms with Gasteiger partial charge in [-0.1, -0.05) is 108 Å². The number of anilines is 1. The molecule has 47 heavy (non-hydrogen) atoms. The Kier molecular flexibility index (Phi) is 11.3. The highest BCUT2D eigenvalue weighted by Crippen LogP contribution is 2.30. The fourth-order valence-electron chi connectivity index (χ4n) is 6.07. The Hall–Kier alpha value is -3.85. The molecule has 246 valence electrons. The number of halogens is 2. The largest absolute Gasteiger partial charge is 0.352 e. The maximum absolute atomic E-state index is 14.7. The number of nitrogens with one attached hydrogen (secondary N) is 1. The second kappa shape index (κ2) is 15.4. The lowest BCUT2D eigenvalue weighted by Gasteiger charge is -2.35. The SMILES string of the molecule is Cc1ccc(N(CC(=O)N(Cc2ccc(Cl)cc2Cl)C(Cc2ccccc2)C(=O)NC2CCCC2)S(=O)(=O)c2ccccc2)c(C)c1. The monoisotopic (exact) mass is 691 g/mol. The topological polar surface area (TPSA) is 86.8 Å².